The average molecular weight is 471 g/mol. The van der Waals surface area contributed by atoms with Gasteiger partial charge in [-0.15, -0.1) is 0 Å². The zero-order valence-corrected chi connectivity index (χ0v) is 19.4. The predicted octanol–water partition coefficient (Wildman–Crippen LogP) is 5.73. The third kappa shape index (κ3) is 6.29. The number of aromatic nitrogens is 1. The summed E-state index contributed by atoms with van der Waals surface area (Å²) >= 11 is 11.9. The van der Waals surface area contributed by atoms with Crippen molar-refractivity contribution in [2.24, 2.45) is 0 Å². The summed E-state index contributed by atoms with van der Waals surface area (Å²) in [6.45, 7) is 6.99. The first kappa shape index (κ1) is 23.7. The average Bonchev–Trinajstić information content (AvgIpc) is 2.80. The van der Waals surface area contributed by atoms with E-state index in [9.17, 15) is 9.59 Å². The molecule has 1 aromatic heterocycles. The van der Waals surface area contributed by atoms with E-state index in [1.165, 1.54) is 12.3 Å². The Kier molecular flexibility index (Phi) is 8.22. The summed E-state index contributed by atoms with van der Waals surface area (Å²) in [5.74, 6) is -0.437. The molecule has 0 aliphatic carbocycles. The van der Waals surface area contributed by atoms with Crippen molar-refractivity contribution in [3.05, 3.63) is 87.5 Å². The smallest absolute Gasteiger partial charge is 0.258 e. The van der Waals surface area contributed by atoms with Gasteiger partial charge in [0.15, 0.2) is 0 Å². The number of amides is 2. The molecule has 0 bridgehead atoms. The predicted molar refractivity (Wildman–Crippen MR) is 130 cm³/mol. The number of nitrogens with one attached hydrogen (secondary N) is 2. The second kappa shape index (κ2) is 11.1. The molecule has 166 valence electrons. The van der Waals surface area contributed by atoms with Crippen LogP contribution in [0.2, 0.25) is 10.0 Å². The first-order valence-electron chi connectivity index (χ1n) is 10.2. The maximum absolute atomic E-state index is 12.8. The molecule has 6 nitrogen and oxygen atoms in total. The van der Waals surface area contributed by atoms with Crippen LogP contribution in [0.15, 0.2) is 60.8 Å². The van der Waals surface area contributed by atoms with Crippen LogP contribution in [-0.2, 0) is 6.54 Å². The highest BCUT2D eigenvalue weighted by Gasteiger charge is 2.16. The molecule has 2 aromatic carbocycles. The number of anilines is 2. The van der Waals surface area contributed by atoms with Crippen LogP contribution < -0.4 is 10.6 Å². The second-order valence-electron chi connectivity index (χ2n) is 7.12. The Balaban J connectivity index is 1.74. The molecule has 2 N–H and O–H groups in total. The fourth-order valence-electron chi connectivity index (χ4n) is 3.11. The number of nitrogens with zero attached hydrogens (tertiary/aromatic N) is 2. The zero-order valence-electron chi connectivity index (χ0n) is 17.9. The lowest BCUT2D eigenvalue weighted by atomic mass is 10.1. The fourth-order valence-corrected chi connectivity index (χ4v) is 3.39. The molecule has 0 unspecified atom stereocenters. The SMILES string of the molecule is CCN(CC)Cc1ccc(C(=O)Nc2ccc(Cl)cc2C(=O)Nc2ccc(Cl)cn2)cc1. The van der Waals surface area contributed by atoms with Crippen LogP contribution >= 0.6 is 23.2 Å². The molecule has 0 spiro atoms. The standard InChI is InChI=1S/C24H24Cl2N4O2/c1-3-30(4-2)15-16-5-7-17(8-6-16)23(31)28-21-11-9-18(25)13-20(21)24(32)29-22-12-10-19(26)14-27-22/h5-14H,3-4,15H2,1-2H3,(H,28,31)(H,27,29,32). The molecule has 8 heteroatoms. The van der Waals surface area contributed by atoms with Crippen LogP contribution in [0.4, 0.5) is 11.5 Å². The van der Waals surface area contributed by atoms with Crippen LogP contribution in [0.3, 0.4) is 0 Å². The van der Waals surface area contributed by atoms with Gasteiger partial charge in [0.05, 0.1) is 16.3 Å². The molecular formula is C24H24Cl2N4O2. The van der Waals surface area contributed by atoms with Gasteiger partial charge >= 0.3 is 0 Å². The Hall–Kier alpha value is -2.93. The van der Waals surface area contributed by atoms with Crippen molar-refractivity contribution < 1.29 is 9.59 Å². The minimum absolute atomic E-state index is 0.223. The van der Waals surface area contributed by atoms with Gasteiger partial charge in [-0.25, -0.2) is 4.98 Å². The largest absolute Gasteiger partial charge is 0.321 e. The Morgan fingerprint density at radius 2 is 1.56 bits per heavy atom. The molecule has 1 heterocycles. The van der Waals surface area contributed by atoms with Crippen LogP contribution in [-0.4, -0.2) is 34.8 Å². The Morgan fingerprint density at radius 3 is 2.19 bits per heavy atom. The van der Waals surface area contributed by atoms with Crippen molar-refractivity contribution in [2.45, 2.75) is 20.4 Å². The van der Waals surface area contributed by atoms with Gasteiger partial charge in [0, 0.05) is 23.3 Å². The van der Waals surface area contributed by atoms with Crippen LogP contribution in [0.25, 0.3) is 0 Å². The summed E-state index contributed by atoms with van der Waals surface area (Å²) in [4.78, 5) is 32.0. The first-order valence-corrected chi connectivity index (χ1v) is 11.0. The number of rotatable bonds is 8. The lowest BCUT2D eigenvalue weighted by molar-refractivity contribution is 0.102. The van der Waals surface area contributed by atoms with Gasteiger partial charge < -0.3 is 10.6 Å². The molecule has 0 aliphatic heterocycles. The van der Waals surface area contributed by atoms with Gasteiger partial charge in [-0.1, -0.05) is 49.2 Å². The minimum Gasteiger partial charge on any atom is -0.321 e. The molecule has 0 fully saturated rings. The topological polar surface area (TPSA) is 74.3 Å². The number of carbonyl (C=O) groups is 2. The summed E-state index contributed by atoms with van der Waals surface area (Å²) in [7, 11) is 0. The molecule has 3 rings (SSSR count). The second-order valence-corrected chi connectivity index (χ2v) is 7.99. The van der Waals surface area contributed by atoms with E-state index in [2.05, 4.69) is 34.4 Å². The fraction of sp³-hybridized carbons (Fsp3) is 0.208. The maximum atomic E-state index is 12.8. The van der Waals surface area contributed by atoms with Gasteiger partial charge in [-0.3, -0.25) is 14.5 Å². The lowest BCUT2D eigenvalue weighted by Crippen LogP contribution is -2.22. The van der Waals surface area contributed by atoms with Crippen LogP contribution in [0, 0.1) is 0 Å². The number of hydrogen-bond acceptors (Lipinski definition) is 4. The van der Waals surface area contributed by atoms with Gasteiger partial charge in [-0.2, -0.15) is 0 Å². The Labute approximate surface area is 197 Å². The molecule has 0 radical (unpaired) electrons. The van der Waals surface area contributed by atoms with Crippen LogP contribution in [0.5, 0.6) is 0 Å². The number of benzene rings is 2. The van der Waals surface area contributed by atoms with Crippen molar-refractivity contribution >= 4 is 46.5 Å². The summed E-state index contributed by atoms with van der Waals surface area (Å²) < 4.78 is 0. The number of pyridine rings is 1. The summed E-state index contributed by atoms with van der Waals surface area (Å²) in [5.41, 5.74) is 2.19. The van der Waals surface area contributed by atoms with Crippen LogP contribution in [0.1, 0.15) is 40.1 Å². The lowest BCUT2D eigenvalue weighted by Gasteiger charge is -2.18. The maximum Gasteiger partial charge on any atom is 0.258 e. The highest BCUT2D eigenvalue weighted by Crippen LogP contribution is 2.23. The number of hydrogen-bond donors (Lipinski definition) is 2. The number of carbonyl (C=O) groups excluding carboxylic acids is 2. The van der Waals surface area contributed by atoms with Gasteiger partial charge in [0.2, 0.25) is 0 Å². The highest BCUT2D eigenvalue weighted by atomic mass is 35.5. The molecule has 3 aromatic rings. The third-order valence-corrected chi connectivity index (χ3v) is 5.42. The van der Waals surface area contributed by atoms with Crippen molar-refractivity contribution in [1.29, 1.82) is 0 Å². The van der Waals surface area contributed by atoms with E-state index in [0.717, 1.165) is 25.2 Å². The van der Waals surface area contributed by atoms with E-state index in [-0.39, 0.29) is 11.5 Å². The third-order valence-electron chi connectivity index (χ3n) is 4.96. The summed E-state index contributed by atoms with van der Waals surface area (Å²) in [5, 5.41) is 6.31. The summed E-state index contributed by atoms with van der Waals surface area (Å²) in [6.07, 6.45) is 1.43. The first-order chi connectivity index (χ1) is 15.4. The minimum atomic E-state index is -0.452. The quantitative estimate of drug-likeness (QED) is 0.440. The molecule has 2 amide bonds. The molecular weight excluding hydrogens is 447 g/mol. The highest BCUT2D eigenvalue weighted by molar-refractivity contribution is 6.31. The van der Waals surface area contributed by atoms with Gasteiger partial charge in [-0.05, 0) is 61.1 Å². The van der Waals surface area contributed by atoms with E-state index >= 15 is 0 Å². The van der Waals surface area contributed by atoms with Crippen molar-refractivity contribution in [1.82, 2.24) is 9.88 Å². The molecule has 0 saturated carbocycles. The molecule has 0 atom stereocenters. The Morgan fingerprint density at radius 1 is 0.875 bits per heavy atom. The van der Waals surface area contributed by atoms with E-state index in [0.29, 0.717) is 27.1 Å². The van der Waals surface area contributed by atoms with Gasteiger partial charge in [0.25, 0.3) is 11.8 Å². The molecule has 0 saturated heterocycles. The van der Waals surface area contributed by atoms with Crippen molar-refractivity contribution in [3.8, 4) is 0 Å². The Bertz CT molecular complexity index is 1080. The number of halogens is 2. The zero-order chi connectivity index (χ0) is 23.1. The molecule has 0 aliphatic rings. The van der Waals surface area contributed by atoms with Crippen molar-refractivity contribution in [3.63, 3.8) is 0 Å². The molecule has 32 heavy (non-hydrogen) atoms. The van der Waals surface area contributed by atoms with Gasteiger partial charge in [0.1, 0.15) is 5.82 Å². The van der Waals surface area contributed by atoms with E-state index in [1.807, 2.05) is 12.1 Å². The monoisotopic (exact) mass is 470 g/mol. The van der Waals surface area contributed by atoms with E-state index in [1.54, 1.807) is 36.4 Å². The normalized spacial score (nSPS) is 10.8. The van der Waals surface area contributed by atoms with Crippen molar-refractivity contribution in [2.75, 3.05) is 23.7 Å². The summed E-state index contributed by atoms with van der Waals surface area (Å²) in [6, 6.07) is 15.3. The van der Waals surface area contributed by atoms with E-state index in [4.69, 9.17) is 23.2 Å². The van der Waals surface area contributed by atoms with E-state index < -0.39 is 5.91 Å².